The minimum atomic E-state index is 0.761. The van der Waals surface area contributed by atoms with Crippen LogP contribution < -0.4 is 5.32 Å². The van der Waals surface area contributed by atoms with Gasteiger partial charge in [0.05, 0.1) is 6.61 Å². The molecule has 2 unspecified atom stereocenters. The Morgan fingerprint density at radius 3 is 2.72 bits per heavy atom. The van der Waals surface area contributed by atoms with E-state index in [1.54, 1.807) is 7.11 Å². The van der Waals surface area contributed by atoms with Gasteiger partial charge >= 0.3 is 0 Å². The van der Waals surface area contributed by atoms with Gasteiger partial charge in [-0.3, -0.25) is 0 Å². The molecule has 0 aromatic heterocycles. The molecule has 2 atom stereocenters. The second-order valence-electron chi connectivity index (χ2n) is 5.73. The lowest BCUT2D eigenvalue weighted by atomic mass is 9.98. The van der Waals surface area contributed by atoms with Crippen molar-refractivity contribution in [1.29, 1.82) is 0 Å². The van der Waals surface area contributed by atoms with Gasteiger partial charge in [0.15, 0.2) is 0 Å². The summed E-state index contributed by atoms with van der Waals surface area (Å²) in [7, 11) is 3.93. The first-order chi connectivity index (χ1) is 8.76. The van der Waals surface area contributed by atoms with Crippen molar-refractivity contribution >= 4 is 0 Å². The molecule has 0 aromatic carbocycles. The standard InChI is InChI=1S/C15H32N2O/c1-4-14-6-5-7-15(9-8-14)16-10-11-17(2)12-13-18-3/h14-16H,4-13H2,1-3H3. The molecule has 1 aliphatic carbocycles. The monoisotopic (exact) mass is 256 g/mol. The third-order valence-corrected chi connectivity index (χ3v) is 4.27. The Kier molecular flexibility index (Phi) is 8.64. The fourth-order valence-electron chi connectivity index (χ4n) is 2.81. The summed E-state index contributed by atoms with van der Waals surface area (Å²) < 4.78 is 5.09. The molecule has 3 heteroatoms. The van der Waals surface area contributed by atoms with Gasteiger partial charge in [-0.1, -0.05) is 26.2 Å². The van der Waals surface area contributed by atoms with E-state index in [0.717, 1.165) is 38.2 Å². The Labute approximate surface area is 113 Å². The highest BCUT2D eigenvalue weighted by molar-refractivity contribution is 4.74. The van der Waals surface area contributed by atoms with E-state index < -0.39 is 0 Å². The van der Waals surface area contributed by atoms with Gasteiger partial charge in [-0.25, -0.2) is 0 Å². The van der Waals surface area contributed by atoms with Crippen LogP contribution in [0.5, 0.6) is 0 Å². The Morgan fingerprint density at radius 1 is 1.17 bits per heavy atom. The maximum Gasteiger partial charge on any atom is 0.0589 e. The van der Waals surface area contributed by atoms with Crippen molar-refractivity contribution < 1.29 is 4.74 Å². The van der Waals surface area contributed by atoms with Crippen LogP contribution in [0.4, 0.5) is 0 Å². The minimum Gasteiger partial charge on any atom is -0.383 e. The number of likely N-dealkylation sites (N-methyl/N-ethyl adjacent to an activating group) is 1. The van der Waals surface area contributed by atoms with Crippen LogP contribution in [0.2, 0.25) is 0 Å². The first-order valence-electron chi connectivity index (χ1n) is 7.67. The molecule has 1 aliphatic rings. The highest BCUT2D eigenvalue weighted by Gasteiger charge is 2.17. The second kappa shape index (κ2) is 9.76. The average molecular weight is 256 g/mol. The highest BCUT2D eigenvalue weighted by Crippen LogP contribution is 2.25. The molecule has 1 fully saturated rings. The first-order valence-corrected chi connectivity index (χ1v) is 7.67. The average Bonchev–Trinajstić information content (AvgIpc) is 2.61. The molecule has 108 valence electrons. The Balaban J connectivity index is 2.08. The van der Waals surface area contributed by atoms with Gasteiger partial charge in [0, 0.05) is 32.8 Å². The van der Waals surface area contributed by atoms with E-state index in [9.17, 15) is 0 Å². The number of rotatable bonds is 8. The minimum absolute atomic E-state index is 0.761. The van der Waals surface area contributed by atoms with E-state index in [1.165, 1.54) is 38.5 Å². The fraction of sp³-hybridized carbons (Fsp3) is 1.00. The van der Waals surface area contributed by atoms with Crippen LogP contribution in [-0.4, -0.2) is 51.3 Å². The lowest BCUT2D eigenvalue weighted by Gasteiger charge is -2.20. The summed E-state index contributed by atoms with van der Waals surface area (Å²) in [5, 5.41) is 3.73. The zero-order valence-electron chi connectivity index (χ0n) is 12.6. The quantitative estimate of drug-likeness (QED) is 0.675. The number of nitrogens with zero attached hydrogens (tertiary/aromatic N) is 1. The maximum atomic E-state index is 5.09. The van der Waals surface area contributed by atoms with Gasteiger partial charge in [0.2, 0.25) is 0 Å². The number of ether oxygens (including phenoxy) is 1. The molecule has 1 rings (SSSR count). The van der Waals surface area contributed by atoms with Crippen molar-refractivity contribution in [2.24, 2.45) is 5.92 Å². The highest BCUT2D eigenvalue weighted by atomic mass is 16.5. The molecule has 0 saturated heterocycles. The second-order valence-corrected chi connectivity index (χ2v) is 5.73. The van der Waals surface area contributed by atoms with Crippen molar-refractivity contribution in [2.45, 2.75) is 51.5 Å². The Bertz CT molecular complexity index is 199. The summed E-state index contributed by atoms with van der Waals surface area (Å²) in [6.45, 7) is 6.43. The molecule has 1 N–H and O–H groups in total. The molecule has 0 radical (unpaired) electrons. The molecule has 0 bridgehead atoms. The maximum absolute atomic E-state index is 5.09. The predicted octanol–water partition coefficient (Wildman–Crippen LogP) is 2.51. The normalized spacial score (nSPS) is 25.3. The van der Waals surface area contributed by atoms with Gasteiger partial charge in [0.1, 0.15) is 0 Å². The summed E-state index contributed by atoms with van der Waals surface area (Å²) in [5.41, 5.74) is 0. The number of nitrogens with one attached hydrogen (secondary N) is 1. The van der Waals surface area contributed by atoms with Crippen LogP contribution in [0.1, 0.15) is 45.4 Å². The summed E-state index contributed by atoms with van der Waals surface area (Å²) in [6, 6.07) is 0.761. The van der Waals surface area contributed by atoms with Gasteiger partial charge < -0.3 is 15.0 Å². The summed E-state index contributed by atoms with van der Waals surface area (Å²) in [6.07, 6.45) is 8.40. The fourth-order valence-corrected chi connectivity index (χ4v) is 2.81. The Morgan fingerprint density at radius 2 is 2.00 bits per heavy atom. The third kappa shape index (κ3) is 6.72. The summed E-state index contributed by atoms with van der Waals surface area (Å²) >= 11 is 0. The topological polar surface area (TPSA) is 24.5 Å². The van der Waals surface area contributed by atoms with Gasteiger partial charge in [-0.15, -0.1) is 0 Å². The van der Waals surface area contributed by atoms with Crippen molar-refractivity contribution in [3.05, 3.63) is 0 Å². The van der Waals surface area contributed by atoms with Crippen LogP contribution in [0.25, 0.3) is 0 Å². The van der Waals surface area contributed by atoms with Crippen LogP contribution in [0.3, 0.4) is 0 Å². The van der Waals surface area contributed by atoms with Gasteiger partial charge in [0.25, 0.3) is 0 Å². The molecule has 0 spiro atoms. The lowest BCUT2D eigenvalue weighted by Crippen LogP contribution is -2.36. The van der Waals surface area contributed by atoms with Crippen LogP contribution in [0.15, 0.2) is 0 Å². The van der Waals surface area contributed by atoms with Crippen molar-refractivity contribution in [3.8, 4) is 0 Å². The van der Waals surface area contributed by atoms with Gasteiger partial charge in [-0.2, -0.15) is 0 Å². The van der Waals surface area contributed by atoms with E-state index in [4.69, 9.17) is 4.74 Å². The van der Waals surface area contributed by atoms with Gasteiger partial charge in [-0.05, 0) is 32.2 Å². The first kappa shape index (κ1) is 15.9. The van der Waals surface area contributed by atoms with Crippen LogP contribution in [-0.2, 0) is 4.74 Å². The molecule has 0 heterocycles. The van der Waals surface area contributed by atoms with Crippen molar-refractivity contribution in [3.63, 3.8) is 0 Å². The largest absolute Gasteiger partial charge is 0.383 e. The molecule has 1 saturated carbocycles. The van der Waals surface area contributed by atoms with Crippen LogP contribution >= 0.6 is 0 Å². The molecule has 18 heavy (non-hydrogen) atoms. The van der Waals surface area contributed by atoms with Crippen molar-refractivity contribution in [2.75, 3.05) is 40.4 Å². The molecule has 3 nitrogen and oxygen atoms in total. The van der Waals surface area contributed by atoms with E-state index in [0.29, 0.717) is 0 Å². The lowest BCUT2D eigenvalue weighted by molar-refractivity contribution is 0.161. The molecular formula is C15H32N2O. The summed E-state index contributed by atoms with van der Waals surface area (Å²) in [5.74, 6) is 0.987. The zero-order valence-corrected chi connectivity index (χ0v) is 12.6. The van der Waals surface area contributed by atoms with E-state index >= 15 is 0 Å². The SMILES string of the molecule is CCC1CCCC(NCCN(C)CCOC)CC1. The zero-order chi connectivity index (χ0) is 13.2. The van der Waals surface area contributed by atoms with Crippen molar-refractivity contribution in [1.82, 2.24) is 10.2 Å². The number of hydrogen-bond donors (Lipinski definition) is 1. The van der Waals surface area contributed by atoms with E-state index in [2.05, 4.69) is 24.2 Å². The summed E-state index contributed by atoms with van der Waals surface area (Å²) in [4.78, 5) is 2.34. The van der Waals surface area contributed by atoms with E-state index in [1.807, 2.05) is 0 Å². The predicted molar refractivity (Wildman–Crippen MR) is 78.0 cm³/mol. The Hall–Kier alpha value is -0.120. The third-order valence-electron chi connectivity index (χ3n) is 4.27. The van der Waals surface area contributed by atoms with Crippen LogP contribution in [0, 0.1) is 5.92 Å². The molecular weight excluding hydrogens is 224 g/mol. The molecule has 0 amide bonds. The smallest absolute Gasteiger partial charge is 0.0589 e. The number of hydrogen-bond acceptors (Lipinski definition) is 3. The number of methoxy groups -OCH3 is 1. The van der Waals surface area contributed by atoms with E-state index in [-0.39, 0.29) is 0 Å². The molecule has 0 aliphatic heterocycles. The molecule has 0 aromatic rings.